The van der Waals surface area contributed by atoms with Crippen molar-refractivity contribution in [3.05, 3.63) is 70.1 Å². The molecule has 2 heterocycles. The van der Waals surface area contributed by atoms with E-state index in [1.807, 2.05) is 30.3 Å². The minimum atomic E-state index is -0.467. The van der Waals surface area contributed by atoms with E-state index in [4.69, 9.17) is 11.6 Å². The number of carbonyl (C=O) groups excluding carboxylic acids is 2. The molecular formula is C20H12ClNO3S. The molecule has 0 amide bonds. The second-order valence-electron chi connectivity index (χ2n) is 5.87. The molecule has 0 aliphatic carbocycles. The number of fused-ring (bicyclic) bond motifs is 2. The van der Waals surface area contributed by atoms with Gasteiger partial charge in [0.05, 0.1) is 22.4 Å². The molecule has 0 bridgehead atoms. The fourth-order valence-electron chi connectivity index (χ4n) is 2.77. The van der Waals surface area contributed by atoms with E-state index >= 15 is 0 Å². The van der Waals surface area contributed by atoms with Gasteiger partial charge in [-0.1, -0.05) is 29.8 Å². The SMILES string of the molecule is O=C(CC(=O)c1cc(Cl)ccc1O)c1cc2cc3ccccc3nc2s1. The standard InChI is InChI=1S/C20H12ClNO3S/c21-13-5-6-16(23)14(9-13)17(24)10-18(25)19-8-12-7-11-3-1-2-4-15(11)22-20(12)26-19/h1-9,23H,10H2. The van der Waals surface area contributed by atoms with Gasteiger partial charge in [0.1, 0.15) is 10.6 Å². The molecule has 4 rings (SSSR count). The van der Waals surface area contributed by atoms with Crippen molar-refractivity contribution >= 4 is 55.6 Å². The van der Waals surface area contributed by atoms with Gasteiger partial charge < -0.3 is 5.11 Å². The van der Waals surface area contributed by atoms with Crippen LogP contribution in [0.1, 0.15) is 26.5 Å². The number of rotatable bonds is 4. The molecule has 0 radical (unpaired) electrons. The van der Waals surface area contributed by atoms with Gasteiger partial charge in [-0.15, -0.1) is 11.3 Å². The Morgan fingerprint density at radius 2 is 1.81 bits per heavy atom. The summed E-state index contributed by atoms with van der Waals surface area (Å²) in [5.41, 5.74) is 0.914. The topological polar surface area (TPSA) is 67.3 Å². The Bertz CT molecular complexity index is 1130. The first-order valence-corrected chi connectivity index (χ1v) is 9.05. The highest BCUT2D eigenvalue weighted by Gasteiger charge is 2.19. The fourth-order valence-corrected chi connectivity index (χ4v) is 3.90. The summed E-state index contributed by atoms with van der Waals surface area (Å²) in [6.45, 7) is 0. The fraction of sp³-hybridized carbons (Fsp3) is 0.0500. The second-order valence-corrected chi connectivity index (χ2v) is 7.34. The normalized spacial score (nSPS) is 11.1. The zero-order valence-corrected chi connectivity index (χ0v) is 15.0. The minimum absolute atomic E-state index is 0.0517. The summed E-state index contributed by atoms with van der Waals surface area (Å²) in [5.74, 6) is -0.955. The third kappa shape index (κ3) is 3.07. The van der Waals surface area contributed by atoms with Crippen LogP contribution in [0, 0.1) is 0 Å². The number of hydrogen-bond donors (Lipinski definition) is 1. The summed E-state index contributed by atoms with van der Waals surface area (Å²) in [4.78, 5) is 30.7. The highest BCUT2D eigenvalue weighted by atomic mass is 35.5. The predicted octanol–water partition coefficient (Wildman–Crippen LogP) is 5.26. The summed E-state index contributed by atoms with van der Waals surface area (Å²) in [5, 5.41) is 12.0. The van der Waals surface area contributed by atoms with Crippen LogP contribution in [0.5, 0.6) is 5.75 Å². The van der Waals surface area contributed by atoms with E-state index in [9.17, 15) is 14.7 Å². The number of ketones is 2. The molecule has 0 unspecified atom stereocenters. The molecule has 0 aliphatic heterocycles. The lowest BCUT2D eigenvalue weighted by atomic mass is 10.0. The van der Waals surface area contributed by atoms with Crippen LogP contribution < -0.4 is 0 Å². The highest BCUT2D eigenvalue weighted by molar-refractivity contribution is 7.20. The highest BCUT2D eigenvalue weighted by Crippen LogP contribution is 2.29. The third-order valence-electron chi connectivity index (χ3n) is 4.06. The first kappa shape index (κ1) is 16.7. The molecule has 0 fully saturated rings. The number of Topliss-reactive ketones (excluding diaryl/α,β-unsaturated/α-hetero) is 2. The average Bonchev–Trinajstić information content (AvgIpc) is 3.04. The predicted molar refractivity (Wildman–Crippen MR) is 104 cm³/mol. The molecular weight excluding hydrogens is 370 g/mol. The lowest BCUT2D eigenvalue weighted by Crippen LogP contribution is -2.07. The van der Waals surface area contributed by atoms with E-state index in [2.05, 4.69) is 4.98 Å². The van der Waals surface area contributed by atoms with Gasteiger partial charge >= 0.3 is 0 Å². The Kier molecular flexibility index (Phi) is 4.18. The number of thiophene rings is 1. The molecule has 2 aromatic heterocycles. The van der Waals surface area contributed by atoms with Crippen molar-refractivity contribution in [2.75, 3.05) is 0 Å². The van der Waals surface area contributed by atoms with E-state index in [-0.39, 0.29) is 23.5 Å². The molecule has 128 valence electrons. The number of aromatic nitrogens is 1. The maximum Gasteiger partial charge on any atom is 0.180 e. The summed E-state index contributed by atoms with van der Waals surface area (Å²) < 4.78 is 0. The number of para-hydroxylation sites is 1. The van der Waals surface area contributed by atoms with Crippen LogP contribution in [-0.4, -0.2) is 21.7 Å². The van der Waals surface area contributed by atoms with Crippen molar-refractivity contribution in [3.63, 3.8) is 0 Å². The minimum Gasteiger partial charge on any atom is -0.507 e. The zero-order valence-electron chi connectivity index (χ0n) is 13.4. The summed E-state index contributed by atoms with van der Waals surface area (Å²) in [6, 6.07) is 15.7. The first-order valence-electron chi connectivity index (χ1n) is 7.85. The maximum atomic E-state index is 12.5. The number of pyridine rings is 1. The van der Waals surface area contributed by atoms with E-state index in [0.717, 1.165) is 21.1 Å². The van der Waals surface area contributed by atoms with E-state index < -0.39 is 5.78 Å². The summed E-state index contributed by atoms with van der Waals surface area (Å²) >= 11 is 7.13. The number of phenols is 1. The lowest BCUT2D eigenvalue weighted by Gasteiger charge is -2.03. The number of nitrogens with zero attached hydrogens (tertiary/aromatic N) is 1. The van der Waals surface area contributed by atoms with Crippen LogP contribution in [0.2, 0.25) is 5.02 Å². The summed E-state index contributed by atoms with van der Waals surface area (Å²) in [7, 11) is 0. The van der Waals surface area contributed by atoms with E-state index in [1.165, 1.54) is 29.5 Å². The molecule has 0 saturated carbocycles. The van der Waals surface area contributed by atoms with Gasteiger partial charge in [-0.3, -0.25) is 9.59 Å². The van der Waals surface area contributed by atoms with Crippen LogP contribution in [0.3, 0.4) is 0 Å². The molecule has 1 N–H and O–H groups in total. The van der Waals surface area contributed by atoms with Crippen LogP contribution in [0.15, 0.2) is 54.6 Å². The maximum absolute atomic E-state index is 12.5. The van der Waals surface area contributed by atoms with Crippen LogP contribution in [0.4, 0.5) is 0 Å². The van der Waals surface area contributed by atoms with Gasteiger partial charge in [-0.05, 0) is 36.4 Å². The Morgan fingerprint density at radius 3 is 2.65 bits per heavy atom. The first-order chi connectivity index (χ1) is 12.5. The Morgan fingerprint density at radius 1 is 1.00 bits per heavy atom. The van der Waals surface area contributed by atoms with E-state index in [0.29, 0.717) is 9.90 Å². The zero-order chi connectivity index (χ0) is 18.3. The van der Waals surface area contributed by atoms with Gasteiger partial charge in [0, 0.05) is 15.8 Å². The van der Waals surface area contributed by atoms with Gasteiger partial charge in [0.25, 0.3) is 0 Å². The number of aromatic hydroxyl groups is 1. The summed E-state index contributed by atoms with van der Waals surface area (Å²) in [6.07, 6.45) is -0.333. The average molecular weight is 382 g/mol. The Balaban J connectivity index is 1.64. The lowest BCUT2D eigenvalue weighted by molar-refractivity contribution is 0.0895. The van der Waals surface area contributed by atoms with Crippen molar-refractivity contribution in [2.24, 2.45) is 0 Å². The van der Waals surface area contributed by atoms with Crippen molar-refractivity contribution in [1.29, 1.82) is 0 Å². The van der Waals surface area contributed by atoms with Gasteiger partial charge in [0.15, 0.2) is 11.6 Å². The molecule has 2 aromatic carbocycles. The largest absolute Gasteiger partial charge is 0.507 e. The Labute approximate surface area is 157 Å². The third-order valence-corrected chi connectivity index (χ3v) is 5.39. The molecule has 0 aliphatic rings. The number of benzene rings is 2. The number of hydrogen-bond acceptors (Lipinski definition) is 5. The van der Waals surface area contributed by atoms with Crippen LogP contribution in [-0.2, 0) is 0 Å². The van der Waals surface area contributed by atoms with Gasteiger partial charge in [-0.25, -0.2) is 4.98 Å². The molecule has 4 nitrogen and oxygen atoms in total. The smallest absolute Gasteiger partial charge is 0.180 e. The van der Waals surface area contributed by atoms with E-state index in [1.54, 1.807) is 6.07 Å². The molecule has 0 atom stereocenters. The van der Waals surface area contributed by atoms with Crippen molar-refractivity contribution in [2.45, 2.75) is 6.42 Å². The van der Waals surface area contributed by atoms with Crippen LogP contribution >= 0.6 is 22.9 Å². The van der Waals surface area contributed by atoms with Gasteiger partial charge in [-0.2, -0.15) is 0 Å². The van der Waals surface area contributed by atoms with Crippen LogP contribution in [0.25, 0.3) is 21.1 Å². The van der Waals surface area contributed by atoms with Gasteiger partial charge in [0.2, 0.25) is 0 Å². The van der Waals surface area contributed by atoms with Crippen molar-refractivity contribution in [1.82, 2.24) is 4.98 Å². The quantitative estimate of drug-likeness (QED) is 0.386. The molecule has 4 aromatic rings. The Hall–Kier alpha value is -2.76. The number of phenolic OH excluding ortho intramolecular Hbond substituents is 1. The molecule has 26 heavy (non-hydrogen) atoms. The number of carbonyl (C=O) groups is 2. The van der Waals surface area contributed by atoms with Crippen molar-refractivity contribution in [3.8, 4) is 5.75 Å². The molecule has 0 spiro atoms. The monoisotopic (exact) mass is 381 g/mol. The molecule has 0 saturated heterocycles. The second kappa shape index (κ2) is 6.52. The number of halogens is 1. The molecule has 6 heteroatoms. The van der Waals surface area contributed by atoms with Crippen molar-refractivity contribution < 1.29 is 14.7 Å².